The molecule has 0 radical (unpaired) electrons. The van der Waals surface area contributed by atoms with Crippen molar-refractivity contribution in [1.82, 2.24) is 0 Å². The fraction of sp³-hybridized carbons (Fsp3) is 0.667. The Morgan fingerprint density at radius 3 is 1.67 bits per heavy atom. The predicted octanol–water partition coefficient (Wildman–Crippen LogP) is 4.83. The maximum absolute atomic E-state index is 3.83. The van der Waals surface area contributed by atoms with Crippen LogP contribution in [0.3, 0.4) is 0 Å². The predicted molar refractivity (Wildman–Crippen MR) is 61.5 cm³/mol. The van der Waals surface area contributed by atoms with E-state index >= 15 is 0 Å². The van der Waals surface area contributed by atoms with Gasteiger partial charge in [0.15, 0.2) is 0 Å². The Morgan fingerprint density at radius 2 is 1.58 bits per heavy atom. The molecule has 0 heterocycles. The van der Waals surface area contributed by atoms with Gasteiger partial charge in [-0.05, 0) is 19.3 Å². The molecule has 0 aliphatic heterocycles. The summed E-state index contributed by atoms with van der Waals surface area (Å²) in [6, 6.07) is 0. The van der Waals surface area contributed by atoms with Crippen molar-refractivity contribution in [2.45, 2.75) is 48.0 Å². The molecule has 12 heavy (non-hydrogen) atoms. The lowest BCUT2D eigenvalue weighted by Gasteiger charge is -2.05. The molecule has 0 spiro atoms. The second-order valence-electron chi connectivity index (χ2n) is 2.27. The highest BCUT2D eigenvalue weighted by atomic mass is 14.0. The summed E-state index contributed by atoms with van der Waals surface area (Å²) >= 11 is 0. The van der Waals surface area contributed by atoms with Gasteiger partial charge in [0.2, 0.25) is 0 Å². The highest BCUT2D eigenvalue weighted by molar-refractivity contribution is 4.96. The summed E-state index contributed by atoms with van der Waals surface area (Å²) in [4.78, 5) is 0. The third-order valence-electron chi connectivity index (χ3n) is 1.36. The first kappa shape index (κ1) is 17.5. The molecule has 0 aliphatic rings. The molecule has 0 saturated carbocycles. The highest BCUT2D eigenvalue weighted by Gasteiger charge is 1.96. The first-order valence-corrected chi connectivity index (χ1v) is 4.94. The molecule has 0 N–H and O–H groups in total. The molecule has 1 unspecified atom stereocenters. The number of rotatable bonds is 3. The molecule has 0 rings (SSSR count). The summed E-state index contributed by atoms with van der Waals surface area (Å²) in [5.74, 6) is 0.604. The highest BCUT2D eigenvalue weighted by Crippen LogP contribution is 2.10. The molecule has 0 aromatic heterocycles. The smallest absolute Gasteiger partial charge is 0.0203 e. The molecule has 0 bridgehead atoms. The molecule has 0 fully saturated rings. The summed E-state index contributed by atoms with van der Waals surface area (Å²) in [6.45, 7) is 19.7. The van der Waals surface area contributed by atoms with Crippen LogP contribution in [0.1, 0.15) is 48.0 Å². The molecule has 0 saturated heterocycles. The van der Waals surface area contributed by atoms with Crippen molar-refractivity contribution in [1.29, 1.82) is 0 Å². The van der Waals surface area contributed by atoms with Crippen LogP contribution < -0.4 is 0 Å². The Kier molecular flexibility index (Phi) is 24.6. The van der Waals surface area contributed by atoms with Gasteiger partial charge in [-0.2, -0.15) is 0 Å². The third kappa shape index (κ3) is 16.2. The Morgan fingerprint density at radius 1 is 1.25 bits per heavy atom. The van der Waals surface area contributed by atoms with Gasteiger partial charge in [-0.15, -0.1) is 6.58 Å². The van der Waals surface area contributed by atoms with E-state index in [-0.39, 0.29) is 0 Å². The Balaban J connectivity index is -0.000000175. The fourth-order valence-electron chi connectivity index (χ4n) is 0.451. The van der Waals surface area contributed by atoms with E-state index in [9.17, 15) is 0 Å². The molecule has 0 aromatic rings. The molecule has 0 nitrogen and oxygen atoms in total. The standard InChI is InChI=1S/C8H14.2C2H6/c1-5-6-8(4)7(2)3;2*1-2/h5,8H,1-2,6H2,3-4H3;2*1-2H3. The van der Waals surface area contributed by atoms with Gasteiger partial charge in [0, 0.05) is 0 Å². The van der Waals surface area contributed by atoms with Gasteiger partial charge in [0.25, 0.3) is 0 Å². The van der Waals surface area contributed by atoms with Gasteiger partial charge in [-0.1, -0.05) is 52.8 Å². The van der Waals surface area contributed by atoms with Crippen LogP contribution >= 0.6 is 0 Å². The average Bonchev–Trinajstić information content (AvgIpc) is 2.12. The van der Waals surface area contributed by atoms with Crippen molar-refractivity contribution in [3.05, 3.63) is 24.8 Å². The van der Waals surface area contributed by atoms with E-state index in [4.69, 9.17) is 0 Å². The Hall–Kier alpha value is -0.520. The first-order valence-electron chi connectivity index (χ1n) is 4.94. The zero-order chi connectivity index (χ0) is 10.6. The molecule has 1 atom stereocenters. The molecule has 0 amide bonds. The van der Waals surface area contributed by atoms with Crippen molar-refractivity contribution in [3.63, 3.8) is 0 Å². The van der Waals surface area contributed by atoms with Crippen LogP contribution in [0.2, 0.25) is 0 Å². The topological polar surface area (TPSA) is 0 Å². The summed E-state index contributed by atoms with van der Waals surface area (Å²) in [7, 11) is 0. The van der Waals surface area contributed by atoms with Crippen LogP contribution in [-0.2, 0) is 0 Å². The van der Waals surface area contributed by atoms with Crippen molar-refractivity contribution < 1.29 is 0 Å². The van der Waals surface area contributed by atoms with E-state index in [0.29, 0.717) is 5.92 Å². The molecular weight excluding hydrogens is 144 g/mol. The van der Waals surface area contributed by atoms with Crippen LogP contribution in [0, 0.1) is 5.92 Å². The lowest BCUT2D eigenvalue weighted by Crippen LogP contribution is -1.90. The van der Waals surface area contributed by atoms with Crippen molar-refractivity contribution in [3.8, 4) is 0 Å². The number of allylic oxidation sites excluding steroid dienone is 2. The zero-order valence-electron chi connectivity index (χ0n) is 9.78. The van der Waals surface area contributed by atoms with Gasteiger partial charge in [0.1, 0.15) is 0 Å². The molecular formula is C12H26. The summed E-state index contributed by atoms with van der Waals surface area (Å²) < 4.78 is 0. The molecule has 0 aliphatic carbocycles. The van der Waals surface area contributed by atoms with E-state index in [1.54, 1.807) is 0 Å². The Labute approximate surface area is 79.4 Å². The van der Waals surface area contributed by atoms with Crippen molar-refractivity contribution >= 4 is 0 Å². The number of hydrogen-bond donors (Lipinski definition) is 0. The van der Waals surface area contributed by atoms with Crippen LogP contribution in [0.15, 0.2) is 24.8 Å². The normalized spacial score (nSPS) is 9.50. The minimum Gasteiger partial charge on any atom is -0.103 e. The molecule has 0 aromatic carbocycles. The van der Waals surface area contributed by atoms with Crippen molar-refractivity contribution in [2.75, 3.05) is 0 Å². The fourth-order valence-corrected chi connectivity index (χ4v) is 0.451. The van der Waals surface area contributed by atoms with Gasteiger partial charge in [-0.3, -0.25) is 0 Å². The van der Waals surface area contributed by atoms with Gasteiger partial charge >= 0.3 is 0 Å². The van der Waals surface area contributed by atoms with Gasteiger partial charge in [-0.25, -0.2) is 0 Å². The van der Waals surface area contributed by atoms with Crippen LogP contribution in [0.25, 0.3) is 0 Å². The minimum atomic E-state index is 0.604. The SMILES string of the molecule is C=CCC(C)C(=C)C.CC.CC. The second-order valence-corrected chi connectivity index (χ2v) is 2.27. The van der Waals surface area contributed by atoms with E-state index < -0.39 is 0 Å². The largest absolute Gasteiger partial charge is 0.103 e. The Bertz CT molecular complexity index is 90.2. The molecule has 0 heteroatoms. The third-order valence-corrected chi connectivity index (χ3v) is 1.36. The van der Waals surface area contributed by atoms with Gasteiger partial charge in [0.05, 0.1) is 0 Å². The van der Waals surface area contributed by atoms with Gasteiger partial charge < -0.3 is 0 Å². The first-order chi connectivity index (χ1) is 5.68. The number of hydrogen-bond acceptors (Lipinski definition) is 0. The van der Waals surface area contributed by atoms with E-state index in [0.717, 1.165) is 6.42 Å². The summed E-state index contributed by atoms with van der Waals surface area (Å²) in [5, 5.41) is 0. The zero-order valence-corrected chi connectivity index (χ0v) is 9.78. The van der Waals surface area contributed by atoms with E-state index in [2.05, 4.69) is 20.1 Å². The maximum atomic E-state index is 3.83. The summed E-state index contributed by atoms with van der Waals surface area (Å²) in [5.41, 5.74) is 1.24. The van der Waals surface area contributed by atoms with E-state index in [1.807, 2.05) is 40.7 Å². The summed E-state index contributed by atoms with van der Waals surface area (Å²) in [6.07, 6.45) is 2.98. The average molecular weight is 170 g/mol. The lowest BCUT2D eigenvalue weighted by atomic mass is 10.0. The maximum Gasteiger partial charge on any atom is -0.0203 e. The van der Waals surface area contributed by atoms with Crippen LogP contribution in [-0.4, -0.2) is 0 Å². The second kappa shape index (κ2) is 16.8. The quantitative estimate of drug-likeness (QED) is 0.532. The van der Waals surface area contributed by atoms with Crippen molar-refractivity contribution in [2.24, 2.45) is 5.92 Å². The lowest BCUT2D eigenvalue weighted by molar-refractivity contribution is 0.699. The molecule has 74 valence electrons. The minimum absolute atomic E-state index is 0.604. The van der Waals surface area contributed by atoms with E-state index in [1.165, 1.54) is 5.57 Å². The monoisotopic (exact) mass is 170 g/mol. The van der Waals surface area contributed by atoms with Crippen LogP contribution in [0.5, 0.6) is 0 Å². The van der Waals surface area contributed by atoms with Crippen LogP contribution in [0.4, 0.5) is 0 Å².